The summed E-state index contributed by atoms with van der Waals surface area (Å²) in [5.41, 5.74) is 0.0397. The van der Waals surface area contributed by atoms with E-state index in [1.807, 2.05) is 0 Å². The summed E-state index contributed by atoms with van der Waals surface area (Å²) in [7, 11) is 0. The monoisotopic (exact) mass is 309 g/mol. The minimum Gasteiger partial charge on any atom is -0.444 e. The van der Waals surface area contributed by atoms with Crippen molar-refractivity contribution in [1.29, 1.82) is 0 Å². The van der Waals surface area contributed by atoms with Gasteiger partial charge in [0.15, 0.2) is 0 Å². The Morgan fingerprint density at radius 1 is 1.48 bits per heavy atom. The van der Waals surface area contributed by atoms with E-state index in [1.54, 1.807) is 45.3 Å². The Morgan fingerprint density at radius 3 is 2.86 bits per heavy atom. The number of aromatic nitrogens is 1. The van der Waals surface area contributed by atoms with Crippen molar-refractivity contribution < 1.29 is 14.3 Å². The Bertz CT molecular complexity index is 516. The van der Waals surface area contributed by atoms with E-state index in [1.165, 1.54) is 16.7 Å². The number of amides is 2. The van der Waals surface area contributed by atoms with E-state index in [0.29, 0.717) is 17.3 Å². The van der Waals surface area contributed by atoms with Gasteiger partial charge in [0.2, 0.25) is 5.91 Å². The van der Waals surface area contributed by atoms with E-state index < -0.39 is 17.7 Å². The van der Waals surface area contributed by atoms with E-state index in [9.17, 15) is 9.59 Å². The van der Waals surface area contributed by atoms with Gasteiger partial charge in [0.25, 0.3) is 0 Å². The van der Waals surface area contributed by atoms with E-state index >= 15 is 0 Å². The first-order valence-corrected chi connectivity index (χ1v) is 7.80. The number of nitrogens with one attached hydrogen (secondary N) is 1. The third-order valence-electron chi connectivity index (χ3n) is 2.74. The molecule has 0 aliphatic carbocycles. The van der Waals surface area contributed by atoms with Crippen molar-refractivity contribution in [2.24, 2.45) is 0 Å². The molecule has 0 spiro atoms. The van der Waals surface area contributed by atoms with Crippen LogP contribution >= 0.6 is 11.8 Å². The Morgan fingerprint density at radius 2 is 2.24 bits per heavy atom. The highest BCUT2D eigenvalue weighted by Crippen LogP contribution is 2.24. The first-order chi connectivity index (χ1) is 9.87. The summed E-state index contributed by atoms with van der Waals surface area (Å²) in [6.07, 6.45) is 2.74. The van der Waals surface area contributed by atoms with Gasteiger partial charge >= 0.3 is 6.09 Å². The molecule has 1 N–H and O–H groups in total. The molecule has 2 rings (SSSR count). The van der Waals surface area contributed by atoms with Gasteiger partial charge in [0.1, 0.15) is 11.6 Å². The van der Waals surface area contributed by atoms with Crippen molar-refractivity contribution in [2.75, 3.05) is 16.9 Å². The van der Waals surface area contributed by atoms with Crippen LogP contribution in [0.3, 0.4) is 0 Å². The molecule has 0 saturated carbocycles. The van der Waals surface area contributed by atoms with Crippen molar-refractivity contribution >= 4 is 29.4 Å². The Labute approximate surface area is 128 Å². The first kappa shape index (κ1) is 15.6. The van der Waals surface area contributed by atoms with Crippen LogP contribution in [0.15, 0.2) is 24.5 Å². The van der Waals surface area contributed by atoms with Gasteiger partial charge in [-0.05, 0) is 32.9 Å². The molecule has 1 fully saturated rings. The van der Waals surface area contributed by atoms with Gasteiger partial charge < -0.3 is 10.1 Å². The standard InChI is InChI=1S/C14H19N3O3S/c1-14(2,3)20-13(19)17-9-21-8-11(17)12(18)16-10-5-4-6-15-7-10/h4-7,11H,8-9H2,1-3H3,(H,16,18)/t11-/m1/s1. The number of ether oxygens (including phenoxy) is 1. The molecule has 6 nitrogen and oxygen atoms in total. The minimum atomic E-state index is -0.575. The second-order valence-corrected chi connectivity index (χ2v) is 6.70. The summed E-state index contributed by atoms with van der Waals surface area (Å²) in [4.78, 5) is 29.8. The molecule has 0 radical (unpaired) electrons. The lowest BCUT2D eigenvalue weighted by Gasteiger charge is -2.27. The Kier molecular flexibility index (Phi) is 4.72. The summed E-state index contributed by atoms with van der Waals surface area (Å²) < 4.78 is 5.33. The molecule has 7 heteroatoms. The van der Waals surface area contributed by atoms with Crippen molar-refractivity contribution in [2.45, 2.75) is 32.4 Å². The topological polar surface area (TPSA) is 71.5 Å². The van der Waals surface area contributed by atoms with E-state index in [2.05, 4.69) is 10.3 Å². The predicted molar refractivity (Wildman–Crippen MR) is 82.1 cm³/mol. The fraction of sp³-hybridized carbons (Fsp3) is 0.500. The summed E-state index contributed by atoms with van der Waals surface area (Å²) in [5, 5.41) is 2.77. The lowest BCUT2D eigenvalue weighted by Crippen LogP contribution is -2.46. The average Bonchev–Trinajstić information content (AvgIpc) is 2.87. The summed E-state index contributed by atoms with van der Waals surface area (Å²) >= 11 is 1.53. The zero-order valence-electron chi connectivity index (χ0n) is 12.3. The first-order valence-electron chi connectivity index (χ1n) is 6.65. The van der Waals surface area contributed by atoms with E-state index in [-0.39, 0.29) is 5.91 Å². The molecule has 1 aliphatic heterocycles. The van der Waals surface area contributed by atoms with Crippen molar-refractivity contribution in [3.63, 3.8) is 0 Å². The number of thioether (sulfide) groups is 1. The van der Waals surface area contributed by atoms with Crippen LogP contribution in [-0.4, -0.2) is 45.2 Å². The number of nitrogens with zero attached hydrogens (tertiary/aromatic N) is 2. The normalized spacial score (nSPS) is 18.4. The van der Waals surface area contributed by atoms with Crippen molar-refractivity contribution in [1.82, 2.24) is 9.88 Å². The third-order valence-corrected chi connectivity index (χ3v) is 3.75. The molecule has 1 saturated heterocycles. The van der Waals surface area contributed by atoms with Crippen LogP contribution in [-0.2, 0) is 9.53 Å². The molecular weight excluding hydrogens is 290 g/mol. The highest BCUT2D eigenvalue weighted by molar-refractivity contribution is 7.99. The van der Waals surface area contributed by atoms with Crippen LogP contribution in [0.25, 0.3) is 0 Å². The maximum atomic E-state index is 12.3. The van der Waals surface area contributed by atoms with Crippen molar-refractivity contribution in [3.05, 3.63) is 24.5 Å². The zero-order valence-corrected chi connectivity index (χ0v) is 13.1. The average molecular weight is 309 g/mol. The fourth-order valence-corrected chi connectivity index (χ4v) is 2.96. The molecule has 1 aliphatic rings. The maximum absolute atomic E-state index is 12.3. The van der Waals surface area contributed by atoms with Crippen LogP contribution in [0.1, 0.15) is 20.8 Å². The highest BCUT2D eigenvalue weighted by Gasteiger charge is 2.37. The third kappa shape index (κ3) is 4.35. The van der Waals surface area contributed by atoms with Crippen LogP contribution in [0.4, 0.5) is 10.5 Å². The van der Waals surface area contributed by atoms with Crippen LogP contribution < -0.4 is 5.32 Å². The van der Waals surface area contributed by atoms with Gasteiger partial charge in [-0.3, -0.25) is 14.7 Å². The molecule has 1 atom stereocenters. The molecule has 1 aromatic heterocycles. The molecule has 21 heavy (non-hydrogen) atoms. The molecular formula is C14H19N3O3S. The minimum absolute atomic E-state index is 0.223. The predicted octanol–water partition coefficient (Wildman–Crippen LogP) is 2.33. The molecule has 1 aromatic rings. The van der Waals surface area contributed by atoms with Gasteiger partial charge in [-0.2, -0.15) is 0 Å². The summed E-state index contributed by atoms with van der Waals surface area (Å²) in [6, 6.07) is 2.97. The fourth-order valence-electron chi connectivity index (χ4n) is 1.82. The maximum Gasteiger partial charge on any atom is 0.411 e. The summed E-state index contributed by atoms with van der Waals surface area (Å²) in [5.74, 6) is 0.796. The number of pyridine rings is 1. The number of hydrogen-bond acceptors (Lipinski definition) is 5. The second-order valence-electron chi connectivity index (χ2n) is 5.70. The second kappa shape index (κ2) is 6.34. The van der Waals surface area contributed by atoms with Crippen LogP contribution in [0.5, 0.6) is 0 Å². The number of anilines is 1. The molecule has 2 amide bonds. The molecule has 2 heterocycles. The lowest BCUT2D eigenvalue weighted by atomic mass is 10.2. The Hall–Kier alpha value is -1.76. The highest BCUT2D eigenvalue weighted by atomic mass is 32.2. The van der Waals surface area contributed by atoms with E-state index in [4.69, 9.17) is 4.74 Å². The number of hydrogen-bond donors (Lipinski definition) is 1. The number of rotatable bonds is 2. The van der Waals surface area contributed by atoms with E-state index in [0.717, 1.165) is 0 Å². The van der Waals surface area contributed by atoms with Gasteiger partial charge in [-0.25, -0.2) is 4.79 Å². The van der Waals surface area contributed by atoms with Crippen LogP contribution in [0.2, 0.25) is 0 Å². The van der Waals surface area contributed by atoms with Gasteiger partial charge in [0.05, 0.1) is 17.8 Å². The molecule has 0 unspecified atom stereocenters. The lowest BCUT2D eigenvalue weighted by molar-refractivity contribution is -0.120. The van der Waals surface area contributed by atoms with Crippen molar-refractivity contribution in [3.8, 4) is 0 Å². The number of carbonyl (C=O) groups excluding carboxylic acids is 2. The quantitative estimate of drug-likeness (QED) is 0.908. The molecule has 114 valence electrons. The van der Waals surface area contributed by atoms with Gasteiger partial charge in [-0.15, -0.1) is 11.8 Å². The molecule has 0 bridgehead atoms. The van der Waals surface area contributed by atoms with Gasteiger partial charge in [0, 0.05) is 11.9 Å². The molecule has 0 aromatic carbocycles. The van der Waals surface area contributed by atoms with Gasteiger partial charge in [-0.1, -0.05) is 0 Å². The SMILES string of the molecule is CC(C)(C)OC(=O)N1CSC[C@@H]1C(=O)Nc1cccnc1. The summed E-state index contributed by atoms with van der Waals surface area (Å²) in [6.45, 7) is 5.41. The zero-order chi connectivity index (χ0) is 15.5. The number of carbonyl (C=O) groups is 2. The Balaban J connectivity index is 2.01. The largest absolute Gasteiger partial charge is 0.444 e. The van der Waals surface area contributed by atoms with Crippen LogP contribution in [0, 0.1) is 0 Å². The smallest absolute Gasteiger partial charge is 0.411 e.